The van der Waals surface area contributed by atoms with E-state index in [4.69, 9.17) is 5.73 Å². The molecule has 9 heteroatoms. The van der Waals surface area contributed by atoms with Gasteiger partial charge in [0.2, 0.25) is 11.1 Å². The smallest absolute Gasteiger partial charge is 0.370 e. The van der Waals surface area contributed by atoms with Gasteiger partial charge in [-0.3, -0.25) is 0 Å². The van der Waals surface area contributed by atoms with Crippen LogP contribution in [0.5, 0.6) is 0 Å². The van der Waals surface area contributed by atoms with Gasteiger partial charge in [-0.1, -0.05) is 0 Å². The van der Waals surface area contributed by atoms with E-state index in [1.807, 2.05) is 0 Å². The van der Waals surface area contributed by atoms with E-state index in [9.17, 15) is 13.2 Å². The number of nitrogens with one attached hydrogen (secondary N) is 1. The third-order valence-corrected chi connectivity index (χ3v) is 1.92. The van der Waals surface area contributed by atoms with Crippen LogP contribution in [0.3, 0.4) is 0 Å². The first-order valence-electron chi connectivity index (χ1n) is 3.95. The Morgan fingerprint density at radius 3 is 2.73 bits per heavy atom. The minimum Gasteiger partial charge on any atom is -0.370 e. The molecule has 5 nitrogen and oxygen atoms in total. The van der Waals surface area contributed by atoms with Crippen LogP contribution < -0.4 is 11.1 Å². The largest absolute Gasteiger partial charge is 0.411 e. The van der Waals surface area contributed by atoms with Crippen LogP contribution in [0, 0.1) is 0 Å². The van der Waals surface area contributed by atoms with Gasteiger partial charge in [0.1, 0.15) is 6.61 Å². The van der Waals surface area contributed by atoms with Gasteiger partial charge in [-0.15, -0.1) is 0 Å². The molecule has 0 aromatic carbocycles. The zero-order valence-corrected chi connectivity index (χ0v) is 8.36. The van der Waals surface area contributed by atoms with E-state index in [0.29, 0.717) is 5.13 Å². The van der Waals surface area contributed by atoms with Crippen LogP contribution in [0.15, 0.2) is 0 Å². The van der Waals surface area contributed by atoms with E-state index in [1.54, 1.807) is 0 Å². The summed E-state index contributed by atoms with van der Waals surface area (Å²) in [5.74, 6) is 0.138. The van der Waals surface area contributed by atoms with Crippen molar-refractivity contribution in [1.29, 1.82) is 0 Å². The fraction of sp³-hybridized carbons (Fsp3) is 0.667. The Morgan fingerprint density at radius 1 is 1.47 bits per heavy atom. The third-order valence-electron chi connectivity index (χ3n) is 1.23. The van der Waals surface area contributed by atoms with Crippen molar-refractivity contribution in [2.24, 2.45) is 0 Å². The summed E-state index contributed by atoms with van der Waals surface area (Å²) in [4.78, 5) is 3.75. The van der Waals surface area contributed by atoms with Gasteiger partial charge in [0.15, 0.2) is 0 Å². The highest BCUT2D eigenvalue weighted by molar-refractivity contribution is 7.09. The van der Waals surface area contributed by atoms with E-state index in [1.165, 1.54) is 0 Å². The second-order valence-corrected chi connectivity index (χ2v) is 3.30. The number of hydrogen-bond donors (Lipinski definition) is 2. The molecule has 15 heavy (non-hydrogen) atoms. The summed E-state index contributed by atoms with van der Waals surface area (Å²) in [7, 11) is 0. The molecule has 0 atom stereocenters. The van der Waals surface area contributed by atoms with Crippen LogP contribution in [0.4, 0.5) is 24.3 Å². The minimum atomic E-state index is -4.28. The van der Waals surface area contributed by atoms with E-state index in [2.05, 4.69) is 19.4 Å². The Bertz CT molecular complexity index is 303. The van der Waals surface area contributed by atoms with Crippen LogP contribution in [-0.2, 0) is 4.74 Å². The summed E-state index contributed by atoms with van der Waals surface area (Å²) in [5, 5.41) is 3.19. The van der Waals surface area contributed by atoms with Gasteiger partial charge < -0.3 is 15.8 Å². The SMILES string of the molecule is Nc1nsc(NCCOCC(F)(F)F)n1. The molecule has 3 N–H and O–H groups in total. The van der Waals surface area contributed by atoms with Crippen LogP contribution in [0.2, 0.25) is 0 Å². The van der Waals surface area contributed by atoms with Crippen molar-refractivity contribution >= 4 is 22.6 Å². The zero-order chi connectivity index (χ0) is 11.3. The van der Waals surface area contributed by atoms with E-state index in [0.717, 1.165) is 11.5 Å². The number of anilines is 2. The molecule has 0 aliphatic rings. The normalized spacial score (nSPS) is 11.7. The molecular formula is C6H9F3N4OS. The second-order valence-electron chi connectivity index (χ2n) is 2.55. The predicted molar refractivity (Wildman–Crippen MR) is 49.7 cm³/mol. The number of nitrogen functional groups attached to an aromatic ring is 1. The maximum atomic E-state index is 11.6. The predicted octanol–water partition coefficient (Wildman–Crippen LogP) is 1.11. The van der Waals surface area contributed by atoms with Gasteiger partial charge >= 0.3 is 6.18 Å². The number of halogens is 3. The molecule has 0 aliphatic carbocycles. The number of nitrogens with zero attached hydrogens (tertiary/aromatic N) is 2. The van der Waals surface area contributed by atoms with Crippen molar-refractivity contribution in [3.8, 4) is 0 Å². The van der Waals surface area contributed by atoms with E-state index < -0.39 is 12.8 Å². The summed E-state index contributed by atoms with van der Waals surface area (Å²) in [5.41, 5.74) is 5.23. The van der Waals surface area contributed by atoms with Crippen molar-refractivity contribution in [3.63, 3.8) is 0 Å². The third kappa shape index (κ3) is 5.37. The summed E-state index contributed by atoms with van der Waals surface area (Å²) in [6.07, 6.45) is -4.28. The number of nitrogens with two attached hydrogens (primary N) is 1. The number of ether oxygens (including phenoxy) is 1. The average Bonchev–Trinajstić information content (AvgIpc) is 2.49. The van der Waals surface area contributed by atoms with Gasteiger partial charge in [0.05, 0.1) is 6.61 Å². The molecule has 0 spiro atoms. The molecule has 0 fully saturated rings. The van der Waals surface area contributed by atoms with Crippen molar-refractivity contribution < 1.29 is 17.9 Å². The highest BCUT2D eigenvalue weighted by atomic mass is 32.1. The van der Waals surface area contributed by atoms with Gasteiger partial charge in [0, 0.05) is 18.1 Å². The topological polar surface area (TPSA) is 73.1 Å². The Balaban J connectivity index is 2.07. The molecule has 1 rings (SSSR count). The number of hydrogen-bond acceptors (Lipinski definition) is 6. The van der Waals surface area contributed by atoms with Crippen molar-refractivity contribution in [1.82, 2.24) is 9.36 Å². The van der Waals surface area contributed by atoms with Crippen LogP contribution in [0.1, 0.15) is 0 Å². The lowest BCUT2D eigenvalue weighted by atomic mass is 10.6. The molecule has 86 valence electrons. The molecule has 1 aromatic heterocycles. The fourth-order valence-corrected chi connectivity index (χ4v) is 1.25. The molecule has 0 amide bonds. The van der Waals surface area contributed by atoms with Crippen molar-refractivity contribution in [2.45, 2.75) is 6.18 Å². The first-order valence-corrected chi connectivity index (χ1v) is 4.72. The summed E-state index contributed by atoms with van der Waals surface area (Å²) in [6.45, 7) is -1.07. The van der Waals surface area contributed by atoms with Gasteiger partial charge in [0.25, 0.3) is 0 Å². The Labute approximate surface area is 87.6 Å². The molecule has 1 aromatic rings. The van der Waals surface area contributed by atoms with Crippen LogP contribution >= 0.6 is 11.5 Å². The van der Waals surface area contributed by atoms with Crippen molar-refractivity contribution in [3.05, 3.63) is 0 Å². The lowest BCUT2D eigenvalue weighted by Crippen LogP contribution is -2.20. The molecule has 0 radical (unpaired) electrons. The molecule has 0 saturated carbocycles. The van der Waals surface area contributed by atoms with Gasteiger partial charge in [-0.25, -0.2) is 0 Å². The minimum absolute atomic E-state index is 0.0566. The highest BCUT2D eigenvalue weighted by Crippen LogP contribution is 2.14. The van der Waals surface area contributed by atoms with E-state index >= 15 is 0 Å². The quantitative estimate of drug-likeness (QED) is 0.757. The lowest BCUT2D eigenvalue weighted by molar-refractivity contribution is -0.172. The van der Waals surface area contributed by atoms with Crippen LogP contribution in [-0.4, -0.2) is 35.3 Å². The number of aromatic nitrogens is 2. The Morgan fingerprint density at radius 2 is 2.20 bits per heavy atom. The maximum Gasteiger partial charge on any atom is 0.411 e. The van der Waals surface area contributed by atoms with Crippen LogP contribution in [0.25, 0.3) is 0 Å². The van der Waals surface area contributed by atoms with Crippen molar-refractivity contribution in [2.75, 3.05) is 30.8 Å². The molecule has 0 bridgehead atoms. The number of alkyl halides is 3. The Hall–Kier alpha value is -1.09. The second kappa shape index (κ2) is 5.12. The molecular weight excluding hydrogens is 233 g/mol. The monoisotopic (exact) mass is 242 g/mol. The van der Waals surface area contributed by atoms with E-state index in [-0.39, 0.29) is 19.1 Å². The zero-order valence-electron chi connectivity index (χ0n) is 7.54. The first kappa shape index (κ1) is 12.0. The highest BCUT2D eigenvalue weighted by Gasteiger charge is 2.27. The lowest BCUT2D eigenvalue weighted by Gasteiger charge is -2.07. The maximum absolute atomic E-state index is 11.6. The Kier molecular flexibility index (Phi) is 4.09. The number of rotatable bonds is 5. The summed E-state index contributed by atoms with van der Waals surface area (Å²) >= 11 is 1.04. The van der Waals surface area contributed by atoms with Gasteiger partial charge in [-0.2, -0.15) is 22.5 Å². The summed E-state index contributed by atoms with van der Waals surface area (Å²) in [6, 6.07) is 0. The first-order chi connectivity index (χ1) is 6.97. The summed E-state index contributed by atoms with van der Waals surface area (Å²) < 4.78 is 42.9. The standard InChI is InChI=1S/C6H9F3N4OS/c7-6(8,9)3-14-2-1-11-5-12-4(10)13-15-5/h1-3H2,(H3,10,11,12,13). The average molecular weight is 242 g/mol. The van der Waals surface area contributed by atoms with Gasteiger partial charge in [-0.05, 0) is 0 Å². The molecule has 0 unspecified atom stereocenters. The molecule has 1 heterocycles. The fourth-order valence-electron chi connectivity index (χ4n) is 0.725. The molecule has 0 aliphatic heterocycles. The molecule has 0 saturated heterocycles.